The van der Waals surface area contributed by atoms with Gasteiger partial charge in [-0.3, -0.25) is 4.79 Å². The number of amides is 1. The van der Waals surface area contributed by atoms with Crippen molar-refractivity contribution in [3.63, 3.8) is 0 Å². The van der Waals surface area contributed by atoms with Crippen molar-refractivity contribution in [2.24, 2.45) is 5.73 Å². The first kappa shape index (κ1) is 14.6. The Kier molecular flexibility index (Phi) is 4.42. The number of rotatable bonds is 4. The number of aromatic nitrogens is 1. The van der Waals surface area contributed by atoms with Gasteiger partial charge in [-0.1, -0.05) is 29.3 Å². The van der Waals surface area contributed by atoms with Crippen LogP contribution in [0.4, 0.5) is 15.8 Å². The van der Waals surface area contributed by atoms with Gasteiger partial charge in [0, 0.05) is 12.3 Å². The van der Waals surface area contributed by atoms with Crippen molar-refractivity contribution in [3.05, 3.63) is 51.8 Å². The highest BCUT2D eigenvalue weighted by atomic mass is 35.5. The average Bonchev–Trinajstić information content (AvgIpc) is 2.43. The summed E-state index contributed by atoms with van der Waals surface area (Å²) in [6, 6.07) is 6.00. The molecule has 7 heteroatoms. The van der Waals surface area contributed by atoms with E-state index in [9.17, 15) is 9.18 Å². The van der Waals surface area contributed by atoms with Crippen LogP contribution < -0.4 is 11.1 Å². The van der Waals surface area contributed by atoms with Crippen LogP contribution in [0.2, 0.25) is 10.2 Å². The summed E-state index contributed by atoms with van der Waals surface area (Å²) in [6.07, 6.45) is 1.38. The van der Waals surface area contributed by atoms with Gasteiger partial charge in [0.25, 0.3) is 5.91 Å². The molecule has 104 valence electrons. The number of pyridine rings is 1. The molecule has 1 aromatic carbocycles. The van der Waals surface area contributed by atoms with Gasteiger partial charge >= 0.3 is 0 Å². The first-order valence-corrected chi connectivity index (χ1v) is 6.33. The predicted molar refractivity (Wildman–Crippen MR) is 77.3 cm³/mol. The van der Waals surface area contributed by atoms with Crippen LogP contribution in [0.25, 0.3) is 0 Å². The molecule has 1 amide bonds. The van der Waals surface area contributed by atoms with Crippen LogP contribution in [0.15, 0.2) is 30.5 Å². The number of nitrogens with zero attached hydrogens (tertiary/aromatic N) is 1. The number of primary amides is 1. The lowest BCUT2D eigenvalue weighted by atomic mass is 10.1. The van der Waals surface area contributed by atoms with Crippen molar-refractivity contribution < 1.29 is 9.18 Å². The highest BCUT2D eigenvalue weighted by Crippen LogP contribution is 2.29. The van der Waals surface area contributed by atoms with Crippen molar-refractivity contribution in [1.29, 1.82) is 0 Å². The molecule has 2 rings (SSSR count). The van der Waals surface area contributed by atoms with Crippen LogP contribution in [0, 0.1) is 0 Å². The second-order valence-corrected chi connectivity index (χ2v) is 4.78. The number of carbonyl (C=O) groups is 1. The summed E-state index contributed by atoms with van der Waals surface area (Å²) < 4.78 is 12.6. The highest BCUT2D eigenvalue weighted by Gasteiger charge is 2.11. The second kappa shape index (κ2) is 6.07. The number of hydrogen-bond donors (Lipinski definition) is 2. The molecule has 0 aliphatic rings. The molecule has 0 atom stereocenters. The molecular weight excluding hydrogens is 304 g/mol. The number of alkyl halides is 1. The van der Waals surface area contributed by atoms with Crippen LogP contribution in [0.3, 0.4) is 0 Å². The quantitative estimate of drug-likeness (QED) is 0.846. The summed E-state index contributed by atoms with van der Waals surface area (Å²) in [6.45, 7) is -0.678. The third-order valence-corrected chi connectivity index (χ3v) is 3.10. The van der Waals surface area contributed by atoms with E-state index in [0.29, 0.717) is 22.0 Å². The minimum atomic E-state index is -0.678. The molecule has 1 aromatic heterocycles. The lowest BCUT2D eigenvalue weighted by Gasteiger charge is -2.12. The Balaban J connectivity index is 2.42. The first-order chi connectivity index (χ1) is 9.51. The molecule has 0 saturated carbocycles. The smallest absolute Gasteiger partial charge is 0.250 e. The van der Waals surface area contributed by atoms with E-state index in [1.807, 2.05) is 0 Å². The summed E-state index contributed by atoms with van der Waals surface area (Å²) >= 11 is 11.8. The third-order valence-electron chi connectivity index (χ3n) is 2.60. The normalized spacial score (nSPS) is 10.3. The van der Waals surface area contributed by atoms with Gasteiger partial charge in [-0.25, -0.2) is 9.37 Å². The maximum Gasteiger partial charge on any atom is 0.250 e. The van der Waals surface area contributed by atoms with Gasteiger partial charge < -0.3 is 11.1 Å². The van der Waals surface area contributed by atoms with Gasteiger partial charge in [-0.05, 0) is 17.7 Å². The van der Waals surface area contributed by atoms with Crippen LogP contribution in [0.1, 0.15) is 15.9 Å². The topological polar surface area (TPSA) is 68.0 Å². The summed E-state index contributed by atoms with van der Waals surface area (Å²) in [5, 5.41) is 3.52. The molecule has 0 bridgehead atoms. The van der Waals surface area contributed by atoms with Crippen molar-refractivity contribution in [2.45, 2.75) is 6.67 Å². The van der Waals surface area contributed by atoms with E-state index < -0.39 is 12.6 Å². The minimum Gasteiger partial charge on any atom is -0.366 e. The molecule has 0 aliphatic carbocycles. The number of anilines is 2. The van der Waals surface area contributed by atoms with Gasteiger partial charge in [0.15, 0.2) is 0 Å². The molecule has 0 saturated heterocycles. The van der Waals surface area contributed by atoms with E-state index >= 15 is 0 Å². The molecule has 0 spiro atoms. The van der Waals surface area contributed by atoms with E-state index in [1.165, 1.54) is 18.3 Å². The molecule has 4 nitrogen and oxygen atoms in total. The number of nitrogens with one attached hydrogen (secondary N) is 1. The van der Waals surface area contributed by atoms with Gasteiger partial charge in [0.2, 0.25) is 0 Å². The second-order valence-electron chi connectivity index (χ2n) is 3.99. The lowest BCUT2D eigenvalue weighted by Crippen LogP contribution is -2.13. The number of halogens is 3. The Bertz CT molecular complexity index is 664. The van der Waals surface area contributed by atoms with E-state index in [1.54, 1.807) is 12.1 Å². The molecule has 0 unspecified atom stereocenters. The van der Waals surface area contributed by atoms with E-state index in [-0.39, 0.29) is 10.7 Å². The zero-order valence-corrected chi connectivity index (χ0v) is 11.7. The number of benzene rings is 1. The lowest BCUT2D eigenvalue weighted by molar-refractivity contribution is 0.100. The van der Waals surface area contributed by atoms with E-state index in [2.05, 4.69) is 10.3 Å². The zero-order valence-electron chi connectivity index (χ0n) is 10.2. The van der Waals surface area contributed by atoms with Crippen LogP contribution >= 0.6 is 23.2 Å². The van der Waals surface area contributed by atoms with Crippen molar-refractivity contribution in [1.82, 2.24) is 4.98 Å². The Hall–Kier alpha value is -1.85. The SMILES string of the molecule is NC(=O)c1cc(CF)ccc1Nc1cc(Cl)ncc1Cl. The van der Waals surface area contributed by atoms with E-state index in [4.69, 9.17) is 28.9 Å². The van der Waals surface area contributed by atoms with Crippen LogP contribution in [-0.2, 0) is 6.67 Å². The molecule has 2 aromatic rings. The predicted octanol–water partition coefficient (Wildman–Crippen LogP) is 3.70. The zero-order chi connectivity index (χ0) is 14.7. The Labute approximate surface area is 124 Å². The monoisotopic (exact) mass is 313 g/mol. The fourth-order valence-electron chi connectivity index (χ4n) is 1.64. The average molecular weight is 314 g/mol. The largest absolute Gasteiger partial charge is 0.366 e. The molecule has 0 aliphatic heterocycles. The number of nitrogens with two attached hydrogens (primary N) is 1. The molecule has 1 heterocycles. The summed E-state index contributed by atoms with van der Waals surface area (Å²) in [7, 11) is 0. The maximum atomic E-state index is 12.6. The molecule has 0 radical (unpaired) electrons. The number of hydrogen-bond acceptors (Lipinski definition) is 3. The van der Waals surface area contributed by atoms with Crippen LogP contribution in [0.5, 0.6) is 0 Å². The van der Waals surface area contributed by atoms with Crippen molar-refractivity contribution in [3.8, 4) is 0 Å². The Morgan fingerprint density at radius 1 is 1.30 bits per heavy atom. The number of carbonyl (C=O) groups excluding carboxylic acids is 1. The molecular formula is C13H10Cl2FN3O. The fourth-order valence-corrected chi connectivity index (χ4v) is 1.95. The standard InChI is InChI=1S/C13H10Cl2FN3O/c14-9-6-18-12(15)4-11(9)19-10-2-1-7(5-16)3-8(10)13(17)20/h1-4,6H,5H2,(H2,17,20)(H,18,19). The van der Waals surface area contributed by atoms with Crippen molar-refractivity contribution in [2.75, 3.05) is 5.32 Å². The van der Waals surface area contributed by atoms with Crippen LogP contribution in [-0.4, -0.2) is 10.9 Å². The van der Waals surface area contributed by atoms with Crippen molar-refractivity contribution >= 4 is 40.5 Å². The highest BCUT2D eigenvalue weighted by molar-refractivity contribution is 6.34. The minimum absolute atomic E-state index is 0.171. The maximum absolute atomic E-state index is 12.6. The summed E-state index contributed by atoms with van der Waals surface area (Å²) in [5.74, 6) is -0.668. The molecule has 0 fully saturated rings. The Morgan fingerprint density at radius 3 is 2.70 bits per heavy atom. The first-order valence-electron chi connectivity index (χ1n) is 5.58. The van der Waals surface area contributed by atoms with Gasteiger partial charge in [0.1, 0.15) is 11.8 Å². The molecule has 20 heavy (non-hydrogen) atoms. The van der Waals surface area contributed by atoms with E-state index in [0.717, 1.165) is 0 Å². The van der Waals surface area contributed by atoms with Gasteiger partial charge in [0.05, 0.1) is 22.0 Å². The Morgan fingerprint density at radius 2 is 2.05 bits per heavy atom. The summed E-state index contributed by atoms with van der Waals surface area (Å²) in [5.41, 5.74) is 6.71. The fraction of sp³-hybridized carbons (Fsp3) is 0.0769. The van der Waals surface area contributed by atoms with Gasteiger partial charge in [-0.15, -0.1) is 0 Å². The van der Waals surface area contributed by atoms with Gasteiger partial charge in [-0.2, -0.15) is 0 Å². The molecule has 3 N–H and O–H groups in total. The summed E-state index contributed by atoms with van der Waals surface area (Å²) in [4.78, 5) is 15.2. The third kappa shape index (κ3) is 3.18.